The molecule has 0 saturated heterocycles. The maximum absolute atomic E-state index is 13.8. The summed E-state index contributed by atoms with van der Waals surface area (Å²) in [5, 5.41) is 0.223. The van der Waals surface area contributed by atoms with Crippen LogP contribution in [0.25, 0.3) is 0 Å². The zero-order valence-corrected chi connectivity index (χ0v) is 10.7. The van der Waals surface area contributed by atoms with E-state index in [1.807, 2.05) is 12.1 Å². The maximum Gasteiger partial charge on any atom is 0.144 e. The highest BCUT2D eigenvalue weighted by molar-refractivity contribution is 6.30. The van der Waals surface area contributed by atoms with Crippen molar-refractivity contribution in [3.63, 3.8) is 0 Å². The molecule has 1 saturated carbocycles. The van der Waals surface area contributed by atoms with Crippen molar-refractivity contribution in [2.45, 2.75) is 44.6 Å². The quantitative estimate of drug-likeness (QED) is 0.797. The zero-order chi connectivity index (χ0) is 12.3. The molecule has 2 N–H and O–H groups in total. The maximum atomic E-state index is 13.8. The molecule has 17 heavy (non-hydrogen) atoms. The lowest BCUT2D eigenvalue weighted by Gasteiger charge is -2.17. The Morgan fingerprint density at radius 1 is 1.29 bits per heavy atom. The summed E-state index contributed by atoms with van der Waals surface area (Å²) in [6.07, 6.45) is 6.44. The van der Waals surface area contributed by atoms with E-state index in [-0.39, 0.29) is 16.9 Å². The Hall–Kier alpha value is -0.600. The van der Waals surface area contributed by atoms with Gasteiger partial charge in [-0.25, -0.2) is 4.39 Å². The van der Waals surface area contributed by atoms with Gasteiger partial charge in [0.25, 0.3) is 0 Å². The zero-order valence-electron chi connectivity index (χ0n) is 9.96. The smallest absolute Gasteiger partial charge is 0.144 e. The summed E-state index contributed by atoms with van der Waals surface area (Å²) in [5.74, 6) is 0.243. The monoisotopic (exact) mass is 255 g/mol. The molecule has 0 radical (unpaired) electrons. The molecule has 2 atom stereocenters. The molecular formula is C14H19ClFN. The van der Waals surface area contributed by atoms with Gasteiger partial charge >= 0.3 is 0 Å². The van der Waals surface area contributed by atoms with Crippen molar-refractivity contribution in [1.82, 2.24) is 0 Å². The fourth-order valence-electron chi connectivity index (χ4n) is 2.71. The highest BCUT2D eigenvalue weighted by atomic mass is 35.5. The molecule has 0 spiro atoms. The molecule has 0 heterocycles. The van der Waals surface area contributed by atoms with E-state index in [2.05, 4.69) is 0 Å². The van der Waals surface area contributed by atoms with Crippen LogP contribution in [0.1, 0.15) is 37.7 Å². The van der Waals surface area contributed by atoms with Gasteiger partial charge in [-0.1, -0.05) is 43.0 Å². The summed E-state index contributed by atoms with van der Waals surface area (Å²) in [4.78, 5) is 0. The van der Waals surface area contributed by atoms with E-state index in [1.54, 1.807) is 6.07 Å². The van der Waals surface area contributed by atoms with Crippen molar-refractivity contribution in [2.75, 3.05) is 0 Å². The van der Waals surface area contributed by atoms with Crippen LogP contribution in [-0.4, -0.2) is 6.04 Å². The summed E-state index contributed by atoms with van der Waals surface area (Å²) < 4.78 is 13.8. The van der Waals surface area contributed by atoms with Crippen LogP contribution in [0.5, 0.6) is 0 Å². The van der Waals surface area contributed by atoms with Gasteiger partial charge in [-0.2, -0.15) is 0 Å². The van der Waals surface area contributed by atoms with E-state index in [1.165, 1.54) is 12.8 Å². The van der Waals surface area contributed by atoms with E-state index < -0.39 is 0 Å². The minimum absolute atomic E-state index is 0.223. The molecule has 1 aromatic carbocycles. The van der Waals surface area contributed by atoms with Crippen LogP contribution in [0.2, 0.25) is 5.02 Å². The van der Waals surface area contributed by atoms with E-state index in [0.717, 1.165) is 31.2 Å². The third-order valence-corrected chi connectivity index (χ3v) is 3.91. The molecule has 1 aliphatic carbocycles. The SMILES string of the molecule is NC1CCCCC(Cc2cccc(Cl)c2F)C1. The highest BCUT2D eigenvalue weighted by Gasteiger charge is 2.19. The topological polar surface area (TPSA) is 26.0 Å². The standard InChI is InChI=1S/C14H19ClFN/c15-13-7-3-5-11(14(13)16)8-10-4-1-2-6-12(17)9-10/h3,5,7,10,12H,1-2,4,6,8-9,17H2. The molecule has 0 bridgehead atoms. The molecule has 1 aliphatic rings. The predicted octanol–water partition coefficient (Wildman–Crippen LogP) is 3.93. The Labute approximate surface area is 107 Å². The summed E-state index contributed by atoms with van der Waals surface area (Å²) in [6.45, 7) is 0. The second kappa shape index (κ2) is 5.83. The van der Waals surface area contributed by atoms with Crippen LogP contribution >= 0.6 is 11.6 Å². The van der Waals surface area contributed by atoms with Crippen molar-refractivity contribution in [3.05, 3.63) is 34.6 Å². The lowest BCUT2D eigenvalue weighted by molar-refractivity contribution is 0.423. The Morgan fingerprint density at radius 3 is 2.88 bits per heavy atom. The van der Waals surface area contributed by atoms with Crippen LogP contribution < -0.4 is 5.73 Å². The molecule has 0 aliphatic heterocycles. The number of hydrogen-bond donors (Lipinski definition) is 1. The summed E-state index contributed by atoms with van der Waals surface area (Å²) in [7, 11) is 0. The van der Waals surface area contributed by atoms with Gasteiger partial charge in [0.15, 0.2) is 0 Å². The van der Waals surface area contributed by atoms with Gasteiger partial charge in [0.2, 0.25) is 0 Å². The highest BCUT2D eigenvalue weighted by Crippen LogP contribution is 2.28. The van der Waals surface area contributed by atoms with Gasteiger partial charge in [-0.05, 0) is 36.8 Å². The van der Waals surface area contributed by atoms with Crippen molar-refractivity contribution in [2.24, 2.45) is 11.7 Å². The van der Waals surface area contributed by atoms with Gasteiger partial charge < -0.3 is 5.73 Å². The third-order valence-electron chi connectivity index (χ3n) is 3.61. The average molecular weight is 256 g/mol. The number of hydrogen-bond acceptors (Lipinski definition) is 1. The summed E-state index contributed by atoms with van der Waals surface area (Å²) in [6, 6.07) is 5.53. The second-order valence-electron chi connectivity index (χ2n) is 5.06. The molecule has 0 amide bonds. The van der Waals surface area contributed by atoms with E-state index in [9.17, 15) is 4.39 Å². The number of benzene rings is 1. The fraction of sp³-hybridized carbons (Fsp3) is 0.571. The van der Waals surface area contributed by atoms with Gasteiger partial charge in [0, 0.05) is 6.04 Å². The second-order valence-corrected chi connectivity index (χ2v) is 5.47. The van der Waals surface area contributed by atoms with E-state index >= 15 is 0 Å². The Bertz CT molecular complexity index is 380. The van der Waals surface area contributed by atoms with Gasteiger partial charge in [-0.3, -0.25) is 0 Å². The Kier molecular flexibility index (Phi) is 4.41. The Morgan fingerprint density at radius 2 is 2.06 bits per heavy atom. The van der Waals surface area contributed by atoms with Crippen LogP contribution in [0, 0.1) is 11.7 Å². The lowest BCUT2D eigenvalue weighted by atomic mass is 9.91. The average Bonchev–Trinajstić information content (AvgIpc) is 2.49. The van der Waals surface area contributed by atoms with E-state index in [4.69, 9.17) is 17.3 Å². The molecule has 1 aromatic rings. The first-order chi connectivity index (χ1) is 8.16. The first kappa shape index (κ1) is 12.8. The van der Waals surface area contributed by atoms with Crippen molar-refractivity contribution < 1.29 is 4.39 Å². The molecular weight excluding hydrogens is 237 g/mol. The molecule has 2 rings (SSSR count). The molecule has 1 fully saturated rings. The van der Waals surface area contributed by atoms with Crippen molar-refractivity contribution in [3.8, 4) is 0 Å². The van der Waals surface area contributed by atoms with Gasteiger partial charge in [-0.15, -0.1) is 0 Å². The molecule has 94 valence electrons. The van der Waals surface area contributed by atoms with E-state index in [0.29, 0.717) is 5.92 Å². The molecule has 0 aromatic heterocycles. The first-order valence-corrected chi connectivity index (χ1v) is 6.73. The number of halogens is 2. The summed E-state index contributed by atoms with van der Waals surface area (Å²) in [5.41, 5.74) is 6.76. The lowest BCUT2D eigenvalue weighted by Crippen LogP contribution is -2.22. The minimum Gasteiger partial charge on any atom is -0.328 e. The predicted molar refractivity (Wildman–Crippen MR) is 69.7 cm³/mol. The number of rotatable bonds is 2. The number of nitrogens with two attached hydrogens (primary N) is 1. The van der Waals surface area contributed by atoms with Gasteiger partial charge in [0.1, 0.15) is 5.82 Å². The molecule has 2 unspecified atom stereocenters. The molecule has 3 heteroatoms. The molecule has 1 nitrogen and oxygen atoms in total. The van der Waals surface area contributed by atoms with Crippen LogP contribution in [0.15, 0.2) is 18.2 Å². The van der Waals surface area contributed by atoms with Crippen LogP contribution in [0.4, 0.5) is 4.39 Å². The summed E-state index contributed by atoms with van der Waals surface area (Å²) >= 11 is 5.79. The third kappa shape index (κ3) is 3.43. The van der Waals surface area contributed by atoms with Crippen molar-refractivity contribution >= 4 is 11.6 Å². The van der Waals surface area contributed by atoms with Crippen molar-refractivity contribution in [1.29, 1.82) is 0 Å². The normalized spacial score (nSPS) is 25.6. The van der Waals surface area contributed by atoms with Crippen LogP contribution in [0.3, 0.4) is 0 Å². The van der Waals surface area contributed by atoms with Gasteiger partial charge in [0.05, 0.1) is 5.02 Å². The largest absolute Gasteiger partial charge is 0.328 e. The fourth-order valence-corrected chi connectivity index (χ4v) is 2.90. The van der Waals surface area contributed by atoms with Crippen LogP contribution in [-0.2, 0) is 6.42 Å². The Balaban J connectivity index is 2.06. The first-order valence-electron chi connectivity index (χ1n) is 6.35. The minimum atomic E-state index is -0.257.